The van der Waals surface area contributed by atoms with Gasteiger partial charge in [0.2, 0.25) is 0 Å². The molecule has 0 saturated carbocycles. The summed E-state index contributed by atoms with van der Waals surface area (Å²) >= 11 is 0. The van der Waals surface area contributed by atoms with Gasteiger partial charge < -0.3 is 10.2 Å². The molecule has 1 heterocycles. The molecule has 3 heteroatoms. The zero-order valence-corrected chi connectivity index (χ0v) is 11.5. The molecule has 0 spiro atoms. The Morgan fingerprint density at radius 1 is 1.42 bits per heavy atom. The van der Waals surface area contributed by atoms with Crippen LogP contribution in [0.1, 0.15) is 18.4 Å². The maximum atomic E-state index is 11.8. The molecule has 1 atom stereocenters. The van der Waals surface area contributed by atoms with Crippen LogP contribution in [-0.2, 0) is 4.79 Å². The quantitative estimate of drug-likeness (QED) is 0.819. The van der Waals surface area contributed by atoms with Gasteiger partial charge in [0, 0.05) is 32.1 Å². The molecule has 1 unspecified atom stereocenters. The van der Waals surface area contributed by atoms with Gasteiger partial charge in [-0.15, -0.1) is 0 Å². The third-order valence-electron chi connectivity index (χ3n) is 3.63. The normalized spacial score (nSPS) is 20.8. The minimum Gasteiger partial charge on any atom is -0.314 e. The van der Waals surface area contributed by atoms with Crippen molar-refractivity contribution in [3.63, 3.8) is 0 Å². The molecule has 1 aliphatic heterocycles. The van der Waals surface area contributed by atoms with Crippen molar-refractivity contribution >= 4 is 11.9 Å². The number of hydrogen-bond donors (Lipinski definition) is 1. The molecule has 1 fully saturated rings. The molecule has 1 aromatic carbocycles. The van der Waals surface area contributed by atoms with Crippen molar-refractivity contribution in [2.75, 3.05) is 26.7 Å². The van der Waals surface area contributed by atoms with Crippen LogP contribution in [0.2, 0.25) is 0 Å². The van der Waals surface area contributed by atoms with Crippen LogP contribution >= 0.6 is 0 Å². The van der Waals surface area contributed by atoms with Gasteiger partial charge in [0.25, 0.3) is 0 Å². The van der Waals surface area contributed by atoms with Gasteiger partial charge in [-0.25, -0.2) is 0 Å². The second-order valence-corrected chi connectivity index (χ2v) is 5.09. The number of carbonyl (C=O) groups excluding carboxylic acids is 1. The summed E-state index contributed by atoms with van der Waals surface area (Å²) in [4.78, 5) is 14.2. The van der Waals surface area contributed by atoms with Gasteiger partial charge in [-0.2, -0.15) is 0 Å². The van der Waals surface area contributed by atoms with Crippen LogP contribution in [0.3, 0.4) is 0 Å². The van der Waals surface area contributed by atoms with E-state index in [1.807, 2.05) is 36.4 Å². The second kappa shape index (κ2) is 7.22. The van der Waals surface area contributed by atoms with Crippen molar-refractivity contribution in [3.8, 4) is 0 Å². The number of rotatable bonds is 5. The van der Waals surface area contributed by atoms with Crippen LogP contribution in [-0.4, -0.2) is 43.4 Å². The van der Waals surface area contributed by atoms with Crippen LogP contribution in [0.15, 0.2) is 36.4 Å². The molecule has 0 radical (unpaired) electrons. The molecule has 3 nitrogen and oxygen atoms in total. The van der Waals surface area contributed by atoms with Crippen LogP contribution in [0.25, 0.3) is 6.08 Å². The summed E-state index contributed by atoms with van der Waals surface area (Å²) in [5.41, 5.74) is 1.08. The number of hydrogen-bond acceptors (Lipinski definition) is 3. The highest BCUT2D eigenvalue weighted by atomic mass is 16.1. The summed E-state index contributed by atoms with van der Waals surface area (Å²) in [6.07, 6.45) is 5.15. The van der Waals surface area contributed by atoms with E-state index in [1.54, 1.807) is 6.08 Å². The molecule has 1 N–H and O–H groups in total. The van der Waals surface area contributed by atoms with Crippen molar-refractivity contribution in [2.45, 2.75) is 18.9 Å². The Balaban J connectivity index is 1.77. The van der Waals surface area contributed by atoms with E-state index in [0.29, 0.717) is 12.5 Å². The predicted molar refractivity (Wildman–Crippen MR) is 79.0 cm³/mol. The van der Waals surface area contributed by atoms with Crippen molar-refractivity contribution in [1.29, 1.82) is 0 Å². The van der Waals surface area contributed by atoms with E-state index in [-0.39, 0.29) is 5.78 Å². The fraction of sp³-hybridized carbons (Fsp3) is 0.438. The number of allylic oxidation sites excluding steroid dienone is 1. The first-order valence-electron chi connectivity index (χ1n) is 6.92. The van der Waals surface area contributed by atoms with Crippen LogP contribution < -0.4 is 5.32 Å². The summed E-state index contributed by atoms with van der Waals surface area (Å²) in [5.74, 6) is 0.211. The summed E-state index contributed by atoms with van der Waals surface area (Å²) in [6, 6.07) is 10.4. The van der Waals surface area contributed by atoms with Gasteiger partial charge >= 0.3 is 0 Å². The van der Waals surface area contributed by atoms with Crippen LogP contribution in [0.5, 0.6) is 0 Å². The van der Waals surface area contributed by atoms with Crippen molar-refractivity contribution in [3.05, 3.63) is 42.0 Å². The molecule has 2 rings (SSSR count). The highest BCUT2D eigenvalue weighted by Crippen LogP contribution is 2.09. The first-order chi connectivity index (χ1) is 9.25. The van der Waals surface area contributed by atoms with E-state index >= 15 is 0 Å². The van der Waals surface area contributed by atoms with Crippen molar-refractivity contribution in [2.24, 2.45) is 0 Å². The maximum absolute atomic E-state index is 11.8. The average molecular weight is 258 g/mol. The van der Waals surface area contributed by atoms with Crippen molar-refractivity contribution < 1.29 is 4.79 Å². The maximum Gasteiger partial charge on any atom is 0.155 e. The van der Waals surface area contributed by atoms with E-state index in [4.69, 9.17) is 0 Å². The van der Waals surface area contributed by atoms with Gasteiger partial charge in [-0.05, 0) is 25.1 Å². The number of benzene rings is 1. The zero-order chi connectivity index (χ0) is 13.5. The molecular formula is C16H22N2O. The molecule has 0 bridgehead atoms. The van der Waals surface area contributed by atoms with E-state index in [0.717, 1.165) is 31.6 Å². The lowest BCUT2D eigenvalue weighted by atomic mass is 10.1. The number of likely N-dealkylation sites (N-methyl/N-ethyl adjacent to an activating group) is 1. The summed E-state index contributed by atoms with van der Waals surface area (Å²) in [5, 5.41) is 3.38. The molecule has 19 heavy (non-hydrogen) atoms. The molecule has 1 aromatic rings. The Bertz CT molecular complexity index is 428. The number of carbonyl (C=O) groups is 1. The standard InChI is InChI=1S/C16H22N2O/c1-18-12-11-17-13-15(18)8-10-16(19)9-7-14-5-3-2-4-6-14/h2-7,9,15,17H,8,10-13H2,1H3. The third-order valence-corrected chi connectivity index (χ3v) is 3.63. The molecule has 1 aliphatic rings. The lowest BCUT2D eigenvalue weighted by Gasteiger charge is -2.32. The number of piperazine rings is 1. The minimum atomic E-state index is 0.211. The largest absolute Gasteiger partial charge is 0.314 e. The van der Waals surface area contributed by atoms with Gasteiger partial charge in [0.15, 0.2) is 5.78 Å². The minimum absolute atomic E-state index is 0.211. The van der Waals surface area contributed by atoms with Crippen LogP contribution in [0, 0.1) is 0 Å². The smallest absolute Gasteiger partial charge is 0.155 e. The Morgan fingerprint density at radius 3 is 2.95 bits per heavy atom. The van der Waals surface area contributed by atoms with E-state index < -0.39 is 0 Å². The molecule has 0 aromatic heterocycles. The number of ketones is 1. The number of nitrogens with zero attached hydrogens (tertiary/aromatic N) is 1. The summed E-state index contributed by atoms with van der Waals surface area (Å²) in [7, 11) is 2.13. The Kier molecular flexibility index (Phi) is 5.31. The van der Waals surface area contributed by atoms with E-state index in [9.17, 15) is 4.79 Å². The fourth-order valence-corrected chi connectivity index (χ4v) is 2.33. The van der Waals surface area contributed by atoms with Gasteiger partial charge in [-0.3, -0.25) is 4.79 Å². The lowest BCUT2D eigenvalue weighted by molar-refractivity contribution is -0.114. The predicted octanol–water partition coefficient (Wildman–Crippen LogP) is 1.95. The van der Waals surface area contributed by atoms with Gasteiger partial charge in [0.05, 0.1) is 0 Å². The Morgan fingerprint density at radius 2 is 2.21 bits per heavy atom. The first-order valence-corrected chi connectivity index (χ1v) is 6.92. The second-order valence-electron chi connectivity index (χ2n) is 5.09. The summed E-state index contributed by atoms with van der Waals surface area (Å²) < 4.78 is 0. The lowest BCUT2D eigenvalue weighted by Crippen LogP contribution is -2.49. The van der Waals surface area contributed by atoms with Crippen molar-refractivity contribution in [1.82, 2.24) is 10.2 Å². The molecule has 0 aliphatic carbocycles. The van der Waals surface area contributed by atoms with Gasteiger partial charge in [0.1, 0.15) is 0 Å². The van der Waals surface area contributed by atoms with Crippen LogP contribution in [0.4, 0.5) is 0 Å². The highest BCUT2D eigenvalue weighted by Gasteiger charge is 2.18. The third kappa shape index (κ3) is 4.62. The first kappa shape index (κ1) is 14.0. The molecular weight excluding hydrogens is 236 g/mol. The SMILES string of the molecule is CN1CCNCC1CCC(=O)C=Cc1ccccc1. The monoisotopic (exact) mass is 258 g/mol. The zero-order valence-electron chi connectivity index (χ0n) is 11.5. The average Bonchev–Trinajstić information content (AvgIpc) is 2.45. The molecule has 1 saturated heterocycles. The summed E-state index contributed by atoms with van der Waals surface area (Å²) in [6.45, 7) is 3.11. The van der Waals surface area contributed by atoms with Gasteiger partial charge in [-0.1, -0.05) is 36.4 Å². The molecule has 0 amide bonds. The number of nitrogens with one attached hydrogen (secondary N) is 1. The molecule has 102 valence electrons. The fourth-order valence-electron chi connectivity index (χ4n) is 2.33. The topological polar surface area (TPSA) is 32.3 Å². The van der Waals surface area contributed by atoms with E-state index in [1.165, 1.54) is 0 Å². The van der Waals surface area contributed by atoms with E-state index in [2.05, 4.69) is 17.3 Å². The highest BCUT2D eigenvalue weighted by molar-refractivity contribution is 5.93. The Labute approximate surface area is 115 Å². The Hall–Kier alpha value is -1.45.